The number of hydrogen-bond donors (Lipinski definition) is 0. The lowest BCUT2D eigenvalue weighted by Gasteiger charge is -2.39. The van der Waals surface area contributed by atoms with E-state index < -0.39 is 0 Å². The second-order valence-electron chi connectivity index (χ2n) is 7.17. The summed E-state index contributed by atoms with van der Waals surface area (Å²) >= 11 is 1.88. The van der Waals surface area contributed by atoms with Gasteiger partial charge in [0.2, 0.25) is 5.95 Å². The van der Waals surface area contributed by atoms with Crippen LogP contribution < -0.4 is 10.5 Å². The molecule has 0 unspecified atom stereocenters. The number of thioether (sulfide) groups is 1. The van der Waals surface area contributed by atoms with Crippen LogP contribution in [0.15, 0.2) is 35.1 Å². The number of benzene rings is 1. The van der Waals surface area contributed by atoms with E-state index in [0.717, 1.165) is 59.3 Å². The fourth-order valence-electron chi connectivity index (χ4n) is 3.89. The van der Waals surface area contributed by atoms with Gasteiger partial charge in [0.05, 0.1) is 23.3 Å². The van der Waals surface area contributed by atoms with E-state index in [1.54, 1.807) is 10.7 Å². The van der Waals surface area contributed by atoms with Crippen molar-refractivity contribution in [1.29, 1.82) is 0 Å². The van der Waals surface area contributed by atoms with Gasteiger partial charge >= 0.3 is 0 Å². The number of imidazole rings is 1. The van der Waals surface area contributed by atoms with Gasteiger partial charge in [0, 0.05) is 44.3 Å². The van der Waals surface area contributed by atoms with Crippen molar-refractivity contribution in [2.75, 3.05) is 23.7 Å². The zero-order valence-electron chi connectivity index (χ0n) is 14.8. The molecule has 0 amide bonds. The van der Waals surface area contributed by atoms with E-state index in [1.165, 1.54) is 0 Å². The molecule has 2 aromatic heterocycles. The van der Waals surface area contributed by atoms with Crippen molar-refractivity contribution in [3.63, 3.8) is 0 Å². The van der Waals surface area contributed by atoms with E-state index in [-0.39, 0.29) is 5.56 Å². The molecule has 134 valence electrons. The van der Waals surface area contributed by atoms with Gasteiger partial charge in [-0.2, -0.15) is 16.9 Å². The van der Waals surface area contributed by atoms with Gasteiger partial charge in [0.1, 0.15) is 0 Å². The topological polar surface area (TPSA) is 56.0 Å². The fourth-order valence-corrected chi connectivity index (χ4v) is 4.84. The standard InChI is InChI=1S/C19H21N5OS/c1-22-17-5-3-2-4-16(17)20-19(22)23-9-13(10-23)11-24-18(25)8-14-12-26-7-6-15(14)21-24/h2-5,8,13H,6-7,9-12H2,1H3. The van der Waals surface area contributed by atoms with Gasteiger partial charge in [-0.1, -0.05) is 12.1 Å². The SMILES string of the molecule is Cn1c(N2CC(Cn3nc4c(cc3=O)CSCC4)C2)nc2ccccc21. The predicted molar refractivity (Wildman–Crippen MR) is 105 cm³/mol. The number of nitrogens with zero attached hydrogens (tertiary/aromatic N) is 5. The van der Waals surface area contributed by atoms with E-state index >= 15 is 0 Å². The molecular formula is C19H21N5OS. The Kier molecular flexibility index (Phi) is 3.77. The quantitative estimate of drug-likeness (QED) is 0.709. The third-order valence-corrected chi connectivity index (χ3v) is 6.35. The zero-order chi connectivity index (χ0) is 17.7. The van der Waals surface area contributed by atoms with Crippen LogP contribution in [-0.4, -0.2) is 38.2 Å². The molecule has 0 atom stereocenters. The van der Waals surface area contributed by atoms with Crippen LogP contribution in [0.4, 0.5) is 5.95 Å². The summed E-state index contributed by atoms with van der Waals surface area (Å²) in [7, 11) is 2.06. The van der Waals surface area contributed by atoms with Crippen LogP contribution in [0.2, 0.25) is 0 Å². The maximum absolute atomic E-state index is 12.4. The average molecular weight is 367 g/mol. The Labute approximate surface area is 155 Å². The van der Waals surface area contributed by atoms with Crippen molar-refractivity contribution in [3.8, 4) is 0 Å². The lowest BCUT2D eigenvalue weighted by atomic mass is 10.0. The minimum Gasteiger partial charge on any atom is -0.341 e. The van der Waals surface area contributed by atoms with Crippen LogP contribution in [0, 0.1) is 5.92 Å². The molecule has 26 heavy (non-hydrogen) atoms. The molecule has 3 aromatic rings. The summed E-state index contributed by atoms with van der Waals surface area (Å²) < 4.78 is 3.82. The third-order valence-electron chi connectivity index (χ3n) is 5.34. The Balaban J connectivity index is 1.31. The molecule has 1 saturated heterocycles. The summed E-state index contributed by atoms with van der Waals surface area (Å²) in [4.78, 5) is 19.4. The monoisotopic (exact) mass is 367 g/mol. The molecular weight excluding hydrogens is 346 g/mol. The number of para-hydroxylation sites is 2. The van der Waals surface area contributed by atoms with Gasteiger partial charge < -0.3 is 9.47 Å². The molecule has 2 aliphatic heterocycles. The first-order valence-corrected chi connectivity index (χ1v) is 10.2. The molecule has 7 heteroatoms. The predicted octanol–water partition coefficient (Wildman–Crippen LogP) is 2.06. The fraction of sp³-hybridized carbons (Fsp3) is 0.421. The zero-order valence-corrected chi connectivity index (χ0v) is 15.6. The molecule has 6 nitrogen and oxygen atoms in total. The van der Waals surface area contributed by atoms with Crippen molar-refractivity contribution in [3.05, 3.63) is 51.9 Å². The number of fused-ring (bicyclic) bond motifs is 2. The van der Waals surface area contributed by atoms with Gasteiger partial charge in [0.15, 0.2) is 0 Å². The minimum absolute atomic E-state index is 0.0347. The van der Waals surface area contributed by atoms with E-state index in [9.17, 15) is 4.79 Å². The van der Waals surface area contributed by atoms with Gasteiger partial charge in [0.25, 0.3) is 5.56 Å². The molecule has 0 saturated carbocycles. The third kappa shape index (κ3) is 2.61. The van der Waals surface area contributed by atoms with Gasteiger partial charge in [-0.3, -0.25) is 4.79 Å². The van der Waals surface area contributed by atoms with Crippen LogP contribution in [-0.2, 0) is 25.8 Å². The van der Waals surface area contributed by atoms with Crippen LogP contribution in [0.5, 0.6) is 0 Å². The maximum atomic E-state index is 12.4. The minimum atomic E-state index is 0.0347. The van der Waals surface area contributed by atoms with E-state index in [0.29, 0.717) is 12.5 Å². The van der Waals surface area contributed by atoms with Crippen LogP contribution in [0.1, 0.15) is 11.3 Å². The second kappa shape index (κ2) is 6.16. The second-order valence-corrected chi connectivity index (χ2v) is 8.27. The smallest absolute Gasteiger partial charge is 0.267 e. The van der Waals surface area contributed by atoms with Crippen molar-refractivity contribution in [2.45, 2.75) is 18.7 Å². The van der Waals surface area contributed by atoms with Crippen molar-refractivity contribution in [2.24, 2.45) is 13.0 Å². The molecule has 1 fully saturated rings. The Bertz CT molecular complexity index is 1030. The van der Waals surface area contributed by atoms with Crippen molar-refractivity contribution < 1.29 is 0 Å². The maximum Gasteiger partial charge on any atom is 0.267 e. The molecule has 1 aromatic carbocycles. The summed E-state index contributed by atoms with van der Waals surface area (Å²) in [5.74, 6) is 3.46. The number of anilines is 1. The summed E-state index contributed by atoms with van der Waals surface area (Å²) in [6, 6.07) is 9.99. The first kappa shape index (κ1) is 15.9. The molecule has 0 aliphatic carbocycles. The highest BCUT2D eigenvalue weighted by Gasteiger charge is 2.31. The van der Waals surface area contributed by atoms with Crippen LogP contribution >= 0.6 is 11.8 Å². The average Bonchev–Trinajstić information content (AvgIpc) is 2.95. The highest BCUT2D eigenvalue weighted by atomic mass is 32.2. The van der Waals surface area contributed by atoms with E-state index in [4.69, 9.17) is 4.98 Å². The molecule has 4 heterocycles. The molecule has 0 N–H and O–H groups in total. The Hall–Kier alpha value is -2.28. The largest absolute Gasteiger partial charge is 0.341 e. The molecule has 2 aliphatic rings. The number of hydrogen-bond acceptors (Lipinski definition) is 5. The molecule has 5 rings (SSSR count). The van der Waals surface area contributed by atoms with Gasteiger partial charge in [-0.15, -0.1) is 0 Å². The Morgan fingerprint density at radius 3 is 2.96 bits per heavy atom. The summed E-state index contributed by atoms with van der Waals surface area (Å²) in [5, 5.41) is 4.64. The normalized spacial score (nSPS) is 17.3. The number of aromatic nitrogens is 4. The van der Waals surface area contributed by atoms with Crippen molar-refractivity contribution in [1.82, 2.24) is 19.3 Å². The first-order valence-electron chi connectivity index (χ1n) is 9.03. The highest BCUT2D eigenvalue weighted by molar-refractivity contribution is 7.98. The Morgan fingerprint density at radius 2 is 2.12 bits per heavy atom. The first-order chi connectivity index (χ1) is 12.7. The van der Waals surface area contributed by atoms with Gasteiger partial charge in [-0.25, -0.2) is 9.67 Å². The van der Waals surface area contributed by atoms with Crippen LogP contribution in [0.25, 0.3) is 11.0 Å². The van der Waals surface area contributed by atoms with E-state index in [1.807, 2.05) is 30.0 Å². The number of rotatable bonds is 3. The summed E-state index contributed by atoms with van der Waals surface area (Å²) in [6.45, 7) is 2.52. The summed E-state index contributed by atoms with van der Waals surface area (Å²) in [6.07, 6.45) is 0.969. The summed E-state index contributed by atoms with van der Waals surface area (Å²) in [5.41, 5.74) is 4.44. The lowest BCUT2D eigenvalue weighted by Crippen LogP contribution is -2.50. The van der Waals surface area contributed by atoms with Crippen molar-refractivity contribution >= 4 is 28.7 Å². The lowest BCUT2D eigenvalue weighted by molar-refractivity contribution is 0.327. The van der Waals surface area contributed by atoms with E-state index in [2.05, 4.69) is 27.7 Å². The molecule has 0 bridgehead atoms. The van der Waals surface area contributed by atoms with Crippen LogP contribution in [0.3, 0.4) is 0 Å². The molecule has 0 radical (unpaired) electrons. The molecule has 0 spiro atoms. The Morgan fingerprint density at radius 1 is 1.27 bits per heavy atom. The van der Waals surface area contributed by atoms with Gasteiger partial charge in [-0.05, 0) is 23.4 Å². The number of aryl methyl sites for hydroxylation is 2. The highest BCUT2D eigenvalue weighted by Crippen LogP contribution is 2.28.